The standard InChI is InChI=1S/C23H17BrCl2N2O5/c1-31-20-7-4-14(11-21(20)32-2)23(30)33-19-8-5-16(24)9-15(19)12-27-28-22(29)13-3-6-17(25)18(26)10-13/h3-12H,1-2H3,(H,28,29). The molecule has 170 valence electrons. The number of esters is 1. The average molecular weight is 552 g/mol. The van der Waals surface area contributed by atoms with Crippen LogP contribution in [-0.2, 0) is 0 Å². The van der Waals surface area contributed by atoms with E-state index in [-0.39, 0.29) is 21.9 Å². The first-order valence-corrected chi connectivity index (χ1v) is 10.9. The Morgan fingerprint density at radius 1 is 0.879 bits per heavy atom. The smallest absolute Gasteiger partial charge is 0.343 e. The number of nitrogens with one attached hydrogen (secondary N) is 1. The summed E-state index contributed by atoms with van der Waals surface area (Å²) in [7, 11) is 2.98. The van der Waals surface area contributed by atoms with Gasteiger partial charge in [0.25, 0.3) is 5.91 Å². The summed E-state index contributed by atoms with van der Waals surface area (Å²) >= 11 is 15.2. The number of hydrogen-bond donors (Lipinski definition) is 1. The van der Waals surface area contributed by atoms with E-state index in [9.17, 15) is 9.59 Å². The van der Waals surface area contributed by atoms with Crippen molar-refractivity contribution in [3.05, 3.63) is 85.8 Å². The van der Waals surface area contributed by atoms with Gasteiger partial charge in [-0.05, 0) is 54.6 Å². The maximum atomic E-state index is 12.7. The highest BCUT2D eigenvalue weighted by molar-refractivity contribution is 9.10. The molecule has 33 heavy (non-hydrogen) atoms. The first-order valence-electron chi connectivity index (χ1n) is 9.34. The zero-order valence-corrected chi connectivity index (χ0v) is 20.5. The number of rotatable bonds is 7. The second-order valence-corrected chi connectivity index (χ2v) is 8.20. The quantitative estimate of drug-likeness (QED) is 0.175. The zero-order chi connectivity index (χ0) is 24.0. The van der Waals surface area contributed by atoms with Crippen LogP contribution in [0.3, 0.4) is 0 Å². The normalized spacial score (nSPS) is 10.7. The fourth-order valence-electron chi connectivity index (χ4n) is 2.70. The summed E-state index contributed by atoms with van der Waals surface area (Å²) in [6, 6.07) is 14.2. The van der Waals surface area contributed by atoms with E-state index in [0.29, 0.717) is 22.1 Å². The second kappa shape index (κ2) is 11.2. The fourth-order valence-corrected chi connectivity index (χ4v) is 3.37. The maximum Gasteiger partial charge on any atom is 0.343 e. The van der Waals surface area contributed by atoms with Crippen LogP contribution in [-0.4, -0.2) is 32.3 Å². The number of hydrogen-bond acceptors (Lipinski definition) is 6. The van der Waals surface area contributed by atoms with Crippen LogP contribution >= 0.6 is 39.1 Å². The largest absolute Gasteiger partial charge is 0.493 e. The number of ether oxygens (including phenoxy) is 3. The van der Waals surface area contributed by atoms with Crippen LogP contribution in [0.25, 0.3) is 0 Å². The molecule has 0 atom stereocenters. The molecule has 0 saturated carbocycles. The Bertz CT molecular complexity index is 1230. The Labute approximate surface area is 208 Å². The minimum absolute atomic E-state index is 0.241. The molecule has 0 aromatic heterocycles. The van der Waals surface area contributed by atoms with Crippen LogP contribution < -0.4 is 19.6 Å². The van der Waals surface area contributed by atoms with E-state index < -0.39 is 11.9 Å². The van der Waals surface area contributed by atoms with Gasteiger partial charge in [0.2, 0.25) is 0 Å². The Morgan fingerprint density at radius 2 is 1.58 bits per heavy atom. The highest BCUT2D eigenvalue weighted by Gasteiger charge is 2.15. The number of hydrazone groups is 1. The topological polar surface area (TPSA) is 86.2 Å². The van der Waals surface area contributed by atoms with Crippen LogP contribution in [0, 0.1) is 0 Å². The lowest BCUT2D eigenvalue weighted by Crippen LogP contribution is -2.17. The monoisotopic (exact) mass is 550 g/mol. The summed E-state index contributed by atoms with van der Waals surface area (Å²) in [5.41, 5.74) is 3.41. The number of amides is 1. The summed E-state index contributed by atoms with van der Waals surface area (Å²) in [6.07, 6.45) is 1.36. The van der Waals surface area contributed by atoms with Gasteiger partial charge in [-0.2, -0.15) is 5.10 Å². The third kappa shape index (κ3) is 6.25. The Balaban J connectivity index is 1.76. The molecule has 0 radical (unpaired) electrons. The van der Waals surface area contributed by atoms with Crippen molar-refractivity contribution in [2.75, 3.05) is 14.2 Å². The third-order valence-corrected chi connectivity index (χ3v) is 5.58. The molecular weight excluding hydrogens is 535 g/mol. The van der Waals surface area contributed by atoms with Gasteiger partial charge in [0.15, 0.2) is 11.5 Å². The molecule has 0 aliphatic rings. The SMILES string of the molecule is COc1ccc(C(=O)Oc2ccc(Br)cc2C=NNC(=O)c2ccc(Cl)c(Cl)c2)cc1OC. The molecule has 1 amide bonds. The van der Waals surface area contributed by atoms with Crippen molar-refractivity contribution in [1.82, 2.24) is 5.43 Å². The predicted molar refractivity (Wildman–Crippen MR) is 130 cm³/mol. The summed E-state index contributed by atoms with van der Waals surface area (Å²) in [5, 5.41) is 4.55. The van der Waals surface area contributed by atoms with E-state index in [1.165, 1.54) is 44.7 Å². The Kier molecular flexibility index (Phi) is 8.32. The number of halogens is 3. The Hall–Kier alpha value is -3.07. The molecule has 0 unspecified atom stereocenters. The number of carbonyl (C=O) groups is 2. The lowest BCUT2D eigenvalue weighted by Gasteiger charge is -2.11. The van der Waals surface area contributed by atoms with Crippen LogP contribution in [0.2, 0.25) is 10.0 Å². The first kappa shape index (κ1) is 24.6. The van der Waals surface area contributed by atoms with Gasteiger partial charge in [0, 0.05) is 15.6 Å². The molecule has 0 heterocycles. The number of nitrogens with zero attached hydrogens (tertiary/aromatic N) is 1. The summed E-state index contributed by atoms with van der Waals surface area (Å²) in [6.45, 7) is 0. The summed E-state index contributed by atoms with van der Waals surface area (Å²) < 4.78 is 16.7. The molecule has 10 heteroatoms. The number of methoxy groups -OCH3 is 2. The molecule has 0 spiro atoms. The van der Waals surface area contributed by atoms with Crippen molar-refractivity contribution < 1.29 is 23.8 Å². The van der Waals surface area contributed by atoms with E-state index in [4.69, 9.17) is 37.4 Å². The van der Waals surface area contributed by atoms with Crippen LogP contribution in [0.1, 0.15) is 26.3 Å². The minimum Gasteiger partial charge on any atom is -0.493 e. The van der Waals surface area contributed by atoms with Crippen LogP contribution in [0.4, 0.5) is 0 Å². The van der Waals surface area contributed by atoms with Crippen molar-refractivity contribution >= 4 is 57.2 Å². The molecule has 0 fully saturated rings. The van der Waals surface area contributed by atoms with E-state index in [1.54, 1.807) is 30.3 Å². The van der Waals surface area contributed by atoms with E-state index in [2.05, 4.69) is 26.5 Å². The molecule has 7 nitrogen and oxygen atoms in total. The van der Waals surface area contributed by atoms with E-state index in [0.717, 1.165) is 4.47 Å². The van der Waals surface area contributed by atoms with Crippen molar-refractivity contribution in [2.24, 2.45) is 5.10 Å². The molecule has 1 N–H and O–H groups in total. The van der Waals surface area contributed by atoms with Crippen LogP contribution in [0.15, 0.2) is 64.2 Å². The number of benzene rings is 3. The minimum atomic E-state index is -0.604. The number of carbonyl (C=O) groups excluding carboxylic acids is 2. The molecule has 3 aromatic rings. The van der Waals surface area contributed by atoms with Crippen molar-refractivity contribution in [3.8, 4) is 17.2 Å². The fraction of sp³-hybridized carbons (Fsp3) is 0.0870. The van der Waals surface area contributed by atoms with Crippen molar-refractivity contribution in [3.63, 3.8) is 0 Å². The average Bonchev–Trinajstić information content (AvgIpc) is 2.81. The van der Waals surface area contributed by atoms with E-state index in [1.807, 2.05) is 0 Å². The lowest BCUT2D eigenvalue weighted by atomic mass is 10.2. The summed E-state index contributed by atoms with van der Waals surface area (Å²) in [4.78, 5) is 25.0. The summed E-state index contributed by atoms with van der Waals surface area (Å²) in [5.74, 6) is 0.0414. The Morgan fingerprint density at radius 3 is 2.27 bits per heavy atom. The molecule has 0 aliphatic carbocycles. The lowest BCUT2D eigenvalue weighted by molar-refractivity contribution is 0.0733. The maximum absolute atomic E-state index is 12.7. The van der Waals surface area contributed by atoms with Gasteiger partial charge >= 0.3 is 5.97 Å². The van der Waals surface area contributed by atoms with Gasteiger partial charge < -0.3 is 14.2 Å². The highest BCUT2D eigenvalue weighted by atomic mass is 79.9. The van der Waals surface area contributed by atoms with Gasteiger partial charge in [-0.15, -0.1) is 0 Å². The zero-order valence-electron chi connectivity index (χ0n) is 17.4. The van der Waals surface area contributed by atoms with Crippen molar-refractivity contribution in [2.45, 2.75) is 0 Å². The molecular formula is C23H17BrCl2N2O5. The van der Waals surface area contributed by atoms with Gasteiger partial charge in [0.05, 0.1) is 36.0 Å². The highest BCUT2D eigenvalue weighted by Crippen LogP contribution is 2.29. The molecule has 3 aromatic carbocycles. The molecule has 3 rings (SSSR count). The van der Waals surface area contributed by atoms with Gasteiger partial charge in [-0.1, -0.05) is 39.1 Å². The van der Waals surface area contributed by atoms with Gasteiger partial charge in [0.1, 0.15) is 5.75 Å². The van der Waals surface area contributed by atoms with Gasteiger partial charge in [-0.3, -0.25) is 4.79 Å². The van der Waals surface area contributed by atoms with Gasteiger partial charge in [-0.25, -0.2) is 10.2 Å². The van der Waals surface area contributed by atoms with Crippen LogP contribution in [0.5, 0.6) is 17.2 Å². The molecule has 0 aliphatic heterocycles. The van der Waals surface area contributed by atoms with E-state index >= 15 is 0 Å². The third-order valence-electron chi connectivity index (χ3n) is 4.35. The molecule has 0 saturated heterocycles. The second-order valence-electron chi connectivity index (χ2n) is 6.47. The first-order chi connectivity index (χ1) is 15.8. The van der Waals surface area contributed by atoms with Crippen molar-refractivity contribution in [1.29, 1.82) is 0 Å². The molecule has 0 bridgehead atoms. The predicted octanol–water partition coefficient (Wildman–Crippen LogP) is 5.76.